The number of benzene rings is 1. The van der Waals surface area contributed by atoms with E-state index >= 15 is 0 Å². The number of halogens is 1. The molecule has 5 heteroatoms. The lowest BCUT2D eigenvalue weighted by Crippen LogP contribution is -2.30. The molecular weight excluding hydrogens is 346 g/mol. The summed E-state index contributed by atoms with van der Waals surface area (Å²) in [6, 6.07) is 8.38. The Balaban J connectivity index is 1.86. The molecule has 0 atom stereocenters. The van der Waals surface area contributed by atoms with Crippen LogP contribution in [0.1, 0.15) is 10.4 Å². The van der Waals surface area contributed by atoms with Gasteiger partial charge in [-0.2, -0.15) is 0 Å². The topological polar surface area (TPSA) is 42.1 Å². The van der Waals surface area contributed by atoms with Gasteiger partial charge in [0.15, 0.2) is 0 Å². The van der Waals surface area contributed by atoms with Gasteiger partial charge in [0.05, 0.1) is 23.1 Å². The second-order valence-corrected chi connectivity index (χ2v) is 7.18. The molecule has 0 amide bonds. The Labute approximate surface area is 135 Å². The maximum Gasteiger partial charge on any atom is 0.0745 e. The van der Waals surface area contributed by atoms with Gasteiger partial charge in [0, 0.05) is 27.8 Å². The third-order valence-electron chi connectivity index (χ3n) is 3.95. The van der Waals surface area contributed by atoms with Crippen molar-refractivity contribution in [3.63, 3.8) is 0 Å². The van der Waals surface area contributed by atoms with E-state index in [2.05, 4.69) is 43.3 Å². The minimum Gasteiger partial charge on any atom is -0.396 e. The molecule has 0 saturated heterocycles. The highest BCUT2D eigenvalue weighted by molar-refractivity contribution is 9.10. The molecule has 3 nitrogen and oxygen atoms in total. The summed E-state index contributed by atoms with van der Waals surface area (Å²) in [6.07, 6.45) is 2.86. The fourth-order valence-electron chi connectivity index (χ4n) is 2.96. The molecule has 3 heterocycles. The Kier molecular flexibility index (Phi) is 3.12. The van der Waals surface area contributed by atoms with Crippen molar-refractivity contribution in [3.05, 3.63) is 50.8 Å². The highest BCUT2D eigenvalue weighted by atomic mass is 79.9. The number of hydrogen-bond acceptors (Lipinski definition) is 4. The van der Waals surface area contributed by atoms with E-state index in [-0.39, 0.29) is 0 Å². The number of pyridine rings is 1. The minimum atomic E-state index is 0.749. The molecule has 1 aromatic carbocycles. The number of anilines is 2. The highest BCUT2D eigenvalue weighted by Gasteiger charge is 2.21. The van der Waals surface area contributed by atoms with Crippen LogP contribution in [0.2, 0.25) is 0 Å². The van der Waals surface area contributed by atoms with Crippen LogP contribution in [0.25, 0.3) is 10.9 Å². The molecule has 3 aromatic rings. The Morgan fingerprint density at radius 1 is 1.29 bits per heavy atom. The Hall–Kier alpha value is -1.59. The Morgan fingerprint density at radius 2 is 2.19 bits per heavy atom. The highest BCUT2D eigenvalue weighted by Crippen LogP contribution is 2.36. The van der Waals surface area contributed by atoms with Gasteiger partial charge in [-0.1, -0.05) is 15.9 Å². The number of aromatic nitrogens is 1. The van der Waals surface area contributed by atoms with Crippen LogP contribution in [-0.4, -0.2) is 11.5 Å². The molecule has 2 N–H and O–H groups in total. The zero-order chi connectivity index (χ0) is 14.4. The first-order chi connectivity index (χ1) is 10.2. The molecule has 4 rings (SSSR count). The van der Waals surface area contributed by atoms with Crippen molar-refractivity contribution in [2.75, 3.05) is 17.2 Å². The lowest BCUT2D eigenvalue weighted by molar-refractivity contribution is 0.747. The van der Waals surface area contributed by atoms with E-state index in [4.69, 9.17) is 5.73 Å². The number of hydrogen-bond donors (Lipinski definition) is 1. The van der Waals surface area contributed by atoms with Gasteiger partial charge >= 0.3 is 0 Å². The summed E-state index contributed by atoms with van der Waals surface area (Å²) in [5.74, 6) is 0. The van der Waals surface area contributed by atoms with Crippen LogP contribution in [0.5, 0.6) is 0 Å². The van der Waals surface area contributed by atoms with Crippen molar-refractivity contribution >= 4 is 49.5 Å². The van der Waals surface area contributed by atoms with Gasteiger partial charge in [-0.15, -0.1) is 11.3 Å². The van der Waals surface area contributed by atoms with Gasteiger partial charge < -0.3 is 10.6 Å². The first kappa shape index (κ1) is 13.1. The molecule has 21 heavy (non-hydrogen) atoms. The molecule has 2 aromatic heterocycles. The lowest BCUT2D eigenvalue weighted by atomic mass is 10.1. The van der Waals surface area contributed by atoms with E-state index in [0.29, 0.717) is 0 Å². The number of thiophene rings is 1. The van der Waals surface area contributed by atoms with E-state index in [1.54, 1.807) is 6.20 Å². The molecule has 0 aliphatic carbocycles. The first-order valence-electron chi connectivity index (χ1n) is 6.86. The van der Waals surface area contributed by atoms with Gasteiger partial charge in [-0.3, -0.25) is 4.98 Å². The van der Waals surface area contributed by atoms with E-state index in [9.17, 15) is 0 Å². The van der Waals surface area contributed by atoms with Crippen LogP contribution in [0.4, 0.5) is 11.4 Å². The number of rotatable bonds is 1. The van der Waals surface area contributed by atoms with Gasteiger partial charge in [0.2, 0.25) is 0 Å². The molecule has 1 aliphatic heterocycles. The quantitative estimate of drug-likeness (QED) is 0.707. The van der Waals surface area contributed by atoms with Crippen molar-refractivity contribution in [1.82, 2.24) is 4.98 Å². The predicted molar refractivity (Wildman–Crippen MR) is 92.9 cm³/mol. The molecule has 106 valence electrons. The molecule has 0 bridgehead atoms. The third kappa shape index (κ3) is 2.21. The summed E-state index contributed by atoms with van der Waals surface area (Å²) in [5.41, 5.74) is 10.5. The van der Waals surface area contributed by atoms with Crippen LogP contribution in [0, 0.1) is 0 Å². The fourth-order valence-corrected chi connectivity index (χ4v) is 4.21. The summed E-state index contributed by atoms with van der Waals surface area (Å²) in [4.78, 5) is 8.32. The minimum absolute atomic E-state index is 0.749. The SMILES string of the molecule is Nc1cnc2ccc(Br)cc2c1N1CCc2sccc2C1. The first-order valence-corrected chi connectivity index (χ1v) is 8.53. The van der Waals surface area contributed by atoms with Crippen LogP contribution in [0.3, 0.4) is 0 Å². The molecular formula is C16H14BrN3S. The monoisotopic (exact) mass is 359 g/mol. The summed E-state index contributed by atoms with van der Waals surface area (Å²) < 4.78 is 1.05. The third-order valence-corrected chi connectivity index (χ3v) is 5.47. The van der Waals surface area contributed by atoms with Gasteiger partial charge in [0.1, 0.15) is 0 Å². The summed E-state index contributed by atoms with van der Waals surface area (Å²) in [6.45, 7) is 1.93. The largest absolute Gasteiger partial charge is 0.396 e. The van der Waals surface area contributed by atoms with Gasteiger partial charge in [-0.05, 0) is 41.6 Å². The van der Waals surface area contributed by atoms with Gasteiger partial charge in [0.25, 0.3) is 0 Å². The summed E-state index contributed by atoms with van der Waals surface area (Å²) >= 11 is 5.40. The molecule has 0 spiro atoms. The predicted octanol–water partition coefficient (Wildman–Crippen LogP) is 4.20. The van der Waals surface area contributed by atoms with E-state index in [0.717, 1.165) is 46.3 Å². The normalized spacial score (nSPS) is 14.4. The van der Waals surface area contributed by atoms with Crippen molar-refractivity contribution in [1.29, 1.82) is 0 Å². The van der Waals surface area contributed by atoms with E-state index in [1.165, 1.54) is 10.4 Å². The number of nitrogens with two attached hydrogens (primary N) is 1. The van der Waals surface area contributed by atoms with Crippen LogP contribution < -0.4 is 10.6 Å². The summed E-state index contributed by atoms with van der Waals surface area (Å²) in [7, 11) is 0. The number of fused-ring (bicyclic) bond motifs is 2. The molecule has 0 saturated carbocycles. The summed E-state index contributed by atoms with van der Waals surface area (Å²) in [5, 5.41) is 3.29. The zero-order valence-corrected chi connectivity index (χ0v) is 13.7. The van der Waals surface area contributed by atoms with Crippen LogP contribution >= 0.6 is 27.3 Å². The molecule has 0 fully saturated rings. The zero-order valence-electron chi connectivity index (χ0n) is 11.3. The van der Waals surface area contributed by atoms with Crippen molar-refractivity contribution in [2.24, 2.45) is 0 Å². The average Bonchev–Trinajstić information content (AvgIpc) is 2.94. The van der Waals surface area contributed by atoms with Gasteiger partial charge in [-0.25, -0.2) is 0 Å². The fraction of sp³-hybridized carbons (Fsp3) is 0.188. The van der Waals surface area contributed by atoms with Crippen molar-refractivity contribution < 1.29 is 0 Å². The van der Waals surface area contributed by atoms with Crippen molar-refractivity contribution in [3.8, 4) is 0 Å². The Morgan fingerprint density at radius 3 is 3.10 bits per heavy atom. The van der Waals surface area contributed by atoms with E-state index in [1.807, 2.05) is 23.5 Å². The van der Waals surface area contributed by atoms with Crippen LogP contribution in [0.15, 0.2) is 40.3 Å². The average molecular weight is 360 g/mol. The maximum absolute atomic E-state index is 6.25. The van der Waals surface area contributed by atoms with E-state index < -0.39 is 0 Å². The lowest BCUT2D eigenvalue weighted by Gasteiger charge is -2.31. The van der Waals surface area contributed by atoms with Crippen LogP contribution in [-0.2, 0) is 13.0 Å². The number of nitrogens with zero attached hydrogens (tertiary/aromatic N) is 2. The van der Waals surface area contributed by atoms with Crippen molar-refractivity contribution in [2.45, 2.75) is 13.0 Å². The molecule has 0 radical (unpaired) electrons. The Bertz CT molecular complexity index is 822. The maximum atomic E-state index is 6.25. The standard InChI is InChI=1S/C16H14BrN3S/c17-11-1-2-14-12(7-11)16(13(18)8-19-14)20-5-3-15-10(9-20)4-6-21-15/h1-2,4,6-8H,3,5,9,18H2. The molecule has 1 aliphatic rings. The smallest absolute Gasteiger partial charge is 0.0745 e. The second kappa shape index (κ2) is 5.00. The second-order valence-electron chi connectivity index (χ2n) is 5.26. The molecule has 0 unspecified atom stereocenters. The number of nitrogen functional groups attached to an aromatic ring is 1.